The normalized spacial score (nSPS) is 9.86. The lowest BCUT2D eigenvalue weighted by Gasteiger charge is -2.05. The Kier molecular flexibility index (Phi) is 3.41. The molecule has 4 nitrogen and oxygen atoms in total. The van der Waals surface area contributed by atoms with Gasteiger partial charge in [-0.25, -0.2) is 9.18 Å². The molecule has 0 saturated heterocycles. The standard InChI is InChI=1S/C9H9FO4/c1-13-5-14-6-2-3-8(10)7(4-6)9(11)12/h2-4H,5H2,1H3,(H,11,12). The van der Waals surface area contributed by atoms with E-state index < -0.39 is 17.3 Å². The van der Waals surface area contributed by atoms with E-state index in [0.29, 0.717) is 0 Å². The van der Waals surface area contributed by atoms with Crippen molar-refractivity contribution in [2.24, 2.45) is 0 Å². The number of halogens is 1. The molecule has 0 saturated carbocycles. The zero-order chi connectivity index (χ0) is 10.6. The minimum atomic E-state index is -1.33. The first-order valence-electron chi connectivity index (χ1n) is 3.79. The fourth-order valence-corrected chi connectivity index (χ4v) is 0.885. The monoisotopic (exact) mass is 200 g/mol. The van der Waals surface area contributed by atoms with Gasteiger partial charge in [0.25, 0.3) is 0 Å². The van der Waals surface area contributed by atoms with E-state index in [0.717, 1.165) is 12.1 Å². The second kappa shape index (κ2) is 4.57. The van der Waals surface area contributed by atoms with E-state index in [1.165, 1.54) is 13.2 Å². The number of hydrogen-bond acceptors (Lipinski definition) is 3. The van der Waals surface area contributed by atoms with Crippen molar-refractivity contribution in [2.45, 2.75) is 0 Å². The first kappa shape index (κ1) is 10.5. The fourth-order valence-electron chi connectivity index (χ4n) is 0.885. The molecule has 0 fully saturated rings. The van der Waals surface area contributed by atoms with Crippen LogP contribution in [0.5, 0.6) is 5.75 Å². The third kappa shape index (κ3) is 2.43. The van der Waals surface area contributed by atoms with Crippen LogP contribution in [0.3, 0.4) is 0 Å². The van der Waals surface area contributed by atoms with Crippen LogP contribution in [-0.4, -0.2) is 25.0 Å². The maximum Gasteiger partial charge on any atom is 0.338 e. The van der Waals surface area contributed by atoms with Crippen LogP contribution in [0, 0.1) is 5.82 Å². The molecule has 0 heterocycles. The van der Waals surface area contributed by atoms with Gasteiger partial charge in [0, 0.05) is 7.11 Å². The van der Waals surface area contributed by atoms with Crippen molar-refractivity contribution >= 4 is 5.97 Å². The fraction of sp³-hybridized carbons (Fsp3) is 0.222. The molecule has 1 N–H and O–H groups in total. The van der Waals surface area contributed by atoms with Crippen molar-refractivity contribution in [1.82, 2.24) is 0 Å². The average Bonchev–Trinajstić information content (AvgIpc) is 2.16. The summed E-state index contributed by atoms with van der Waals surface area (Å²) in [6, 6.07) is 3.48. The van der Waals surface area contributed by atoms with Crippen molar-refractivity contribution in [3.05, 3.63) is 29.6 Å². The van der Waals surface area contributed by atoms with Crippen molar-refractivity contribution in [2.75, 3.05) is 13.9 Å². The van der Waals surface area contributed by atoms with Crippen molar-refractivity contribution in [1.29, 1.82) is 0 Å². The van der Waals surface area contributed by atoms with E-state index in [-0.39, 0.29) is 12.5 Å². The van der Waals surface area contributed by atoms with Crippen LogP contribution in [0.4, 0.5) is 4.39 Å². The number of carbonyl (C=O) groups is 1. The Morgan fingerprint density at radius 1 is 1.57 bits per heavy atom. The first-order valence-corrected chi connectivity index (χ1v) is 3.79. The minimum absolute atomic E-state index is 0.00923. The number of carboxylic acid groups (broad SMARTS) is 1. The molecule has 1 rings (SSSR count). The highest BCUT2D eigenvalue weighted by molar-refractivity contribution is 5.88. The summed E-state index contributed by atoms with van der Waals surface area (Å²) in [5.74, 6) is -1.86. The molecule has 0 aliphatic heterocycles. The first-order chi connectivity index (χ1) is 6.65. The predicted octanol–water partition coefficient (Wildman–Crippen LogP) is 1.51. The lowest BCUT2D eigenvalue weighted by Crippen LogP contribution is -2.03. The van der Waals surface area contributed by atoms with Crippen molar-refractivity contribution < 1.29 is 23.8 Å². The molecule has 0 spiro atoms. The molecule has 0 aromatic heterocycles. The van der Waals surface area contributed by atoms with Gasteiger partial charge in [-0.15, -0.1) is 0 Å². The summed E-state index contributed by atoms with van der Waals surface area (Å²) in [5.41, 5.74) is -0.418. The van der Waals surface area contributed by atoms with Gasteiger partial charge >= 0.3 is 5.97 Å². The number of methoxy groups -OCH3 is 1. The average molecular weight is 200 g/mol. The maximum atomic E-state index is 12.9. The molecule has 1 aromatic rings. The summed E-state index contributed by atoms with van der Waals surface area (Å²) >= 11 is 0. The number of rotatable bonds is 4. The van der Waals surface area contributed by atoms with Gasteiger partial charge in [0.05, 0.1) is 5.56 Å². The van der Waals surface area contributed by atoms with E-state index in [9.17, 15) is 9.18 Å². The van der Waals surface area contributed by atoms with Crippen LogP contribution in [-0.2, 0) is 4.74 Å². The lowest BCUT2D eigenvalue weighted by atomic mass is 10.2. The Morgan fingerprint density at radius 2 is 2.29 bits per heavy atom. The number of benzene rings is 1. The summed E-state index contributed by atoms with van der Waals surface area (Å²) in [6.45, 7) is -0.00923. The van der Waals surface area contributed by atoms with Crippen LogP contribution < -0.4 is 4.74 Å². The molecule has 0 radical (unpaired) electrons. The second-order valence-corrected chi connectivity index (χ2v) is 2.50. The van der Waals surface area contributed by atoms with E-state index in [4.69, 9.17) is 9.84 Å². The highest BCUT2D eigenvalue weighted by atomic mass is 19.1. The second-order valence-electron chi connectivity index (χ2n) is 2.50. The Morgan fingerprint density at radius 3 is 2.86 bits per heavy atom. The summed E-state index contributed by atoms with van der Waals surface area (Å²) < 4.78 is 22.4. The number of carboxylic acids is 1. The third-order valence-electron chi connectivity index (χ3n) is 1.51. The summed E-state index contributed by atoms with van der Waals surface area (Å²) in [4.78, 5) is 10.5. The Labute approximate surface area is 79.9 Å². The number of hydrogen-bond donors (Lipinski definition) is 1. The molecule has 76 valence electrons. The zero-order valence-corrected chi connectivity index (χ0v) is 7.49. The molecule has 14 heavy (non-hydrogen) atoms. The Bertz CT molecular complexity index is 338. The van der Waals surface area contributed by atoms with Crippen LogP contribution in [0.2, 0.25) is 0 Å². The Balaban J connectivity index is 2.89. The quantitative estimate of drug-likeness (QED) is 0.748. The third-order valence-corrected chi connectivity index (χ3v) is 1.51. The van der Waals surface area contributed by atoms with Crippen molar-refractivity contribution in [3.8, 4) is 5.75 Å². The molecular weight excluding hydrogens is 191 g/mol. The molecular formula is C9H9FO4. The van der Waals surface area contributed by atoms with Gasteiger partial charge in [-0.05, 0) is 18.2 Å². The van der Waals surface area contributed by atoms with Gasteiger partial charge in [0.2, 0.25) is 0 Å². The molecule has 0 unspecified atom stereocenters. The van der Waals surface area contributed by atoms with Crippen molar-refractivity contribution in [3.63, 3.8) is 0 Å². The highest BCUT2D eigenvalue weighted by Gasteiger charge is 2.10. The topological polar surface area (TPSA) is 55.8 Å². The van der Waals surface area contributed by atoms with E-state index in [1.54, 1.807) is 0 Å². The lowest BCUT2D eigenvalue weighted by molar-refractivity contribution is 0.0506. The van der Waals surface area contributed by atoms with E-state index in [1.807, 2.05) is 0 Å². The highest BCUT2D eigenvalue weighted by Crippen LogP contribution is 2.16. The van der Waals surface area contributed by atoms with Crippen LogP contribution >= 0.6 is 0 Å². The molecule has 1 aromatic carbocycles. The van der Waals surface area contributed by atoms with Gasteiger partial charge in [-0.1, -0.05) is 0 Å². The van der Waals surface area contributed by atoms with Gasteiger partial charge < -0.3 is 14.6 Å². The number of ether oxygens (including phenoxy) is 2. The minimum Gasteiger partial charge on any atom is -0.478 e. The van der Waals surface area contributed by atoms with Gasteiger partial charge in [-0.3, -0.25) is 0 Å². The van der Waals surface area contributed by atoms with Gasteiger partial charge in [0.1, 0.15) is 11.6 Å². The number of aromatic carboxylic acids is 1. The largest absolute Gasteiger partial charge is 0.478 e. The SMILES string of the molecule is COCOc1ccc(F)c(C(=O)O)c1. The smallest absolute Gasteiger partial charge is 0.338 e. The Hall–Kier alpha value is -1.62. The molecule has 0 atom stereocenters. The van der Waals surface area contributed by atoms with Crippen LogP contribution in [0.15, 0.2) is 18.2 Å². The van der Waals surface area contributed by atoms with Crippen LogP contribution in [0.25, 0.3) is 0 Å². The van der Waals surface area contributed by atoms with Crippen LogP contribution in [0.1, 0.15) is 10.4 Å². The molecule has 5 heteroatoms. The maximum absolute atomic E-state index is 12.9. The molecule has 0 bridgehead atoms. The summed E-state index contributed by atoms with van der Waals surface area (Å²) in [7, 11) is 1.43. The van der Waals surface area contributed by atoms with E-state index >= 15 is 0 Å². The summed E-state index contributed by atoms with van der Waals surface area (Å²) in [5, 5.41) is 8.59. The molecule has 0 aliphatic carbocycles. The van der Waals surface area contributed by atoms with Gasteiger partial charge in [-0.2, -0.15) is 0 Å². The zero-order valence-electron chi connectivity index (χ0n) is 7.49. The molecule has 0 amide bonds. The summed E-state index contributed by atoms with van der Waals surface area (Å²) in [6.07, 6.45) is 0. The van der Waals surface area contributed by atoms with E-state index in [2.05, 4.69) is 4.74 Å². The van der Waals surface area contributed by atoms with Gasteiger partial charge in [0.15, 0.2) is 6.79 Å². The predicted molar refractivity (Wildman–Crippen MR) is 45.9 cm³/mol. The molecule has 0 aliphatic rings.